The van der Waals surface area contributed by atoms with Crippen molar-refractivity contribution < 1.29 is 0 Å². The Balaban J connectivity index is 1.38. The van der Waals surface area contributed by atoms with Gasteiger partial charge in [-0.1, -0.05) is 109 Å². The van der Waals surface area contributed by atoms with Crippen molar-refractivity contribution in [2.45, 2.75) is 9.79 Å². The fourth-order valence-corrected chi connectivity index (χ4v) is 7.20. The van der Waals surface area contributed by atoms with Crippen LogP contribution in [0.25, 0.3) is 53.9 Å². The first-order valence-corrected chi connectivity index (χ1v) is 13.1. The Labute approximate surface area is 207 Å². The number of hydrogen-bond donors (Lipinski definition) is 0. The fraction of sp³-hybridized carbons (Fsp3) is 0. The molecule has 1 aliphatic heterocycles. The molecule has 0 spiro atoms. The second-order valence-electron chi connectivity index (χ2n) is 8.51. The van der Waals surface area contributed by atoms with Crippen molar-refractivity contribution in [2.24, 2.45) is 0 Å². The lowest BCUT2D eigenvalue weighted by Gasteiger charge is -2.21. The molecule has 1 aliphatic rings. The number of rotatable bonds is 3. The lowest BCUT2D eigenvalue weighted by atomic mass is 9.94. The zero-order valence-corrected chi connectivity index (χ0v) is 20.0. The highest BCUT2D eigenvalue weighted by Crippen LogP contribution is 2.50. The largest absolute Gasteiger partial charge is 0.135 e. The SMILES string of the molecule is c1ccc(-c2ccccc2-c2ccc(-c3ccc4c5c(cccc35)-c3ccccc3S4)s2)cc1. The van der Waals surface area contributed by atoms with E-state index in [0.29, 0.717) is 0 Å². The first kappa shape index (κ1) is 19.8. The maximum Gasteiger partial charge on any atom is 0.0355 e. The first-order valence-electron chi connectivity index (χ1n) is 11.4. The second kappa shape index (κ2) is 8.02. The lowest BCUT2D eigenvalue weighted by molar-refractivity contribution is 1.40. The molecule has 0 unspecified atom stereocenters. The van der Waals surface area contributed by atoms with Crippen LogP contribution < -0.4 is 0 Å². The van der Waals surface area contributed by atoms with Crippen molar-refractivity contribution in [3.8, 4) is 43.1 Å². The van der Waals surface area contributed by atoms with Gasteiger partial charge in [-0.05, 0) is 63.0 Å². The van der Waals surface area contributed by atoms with Crippen LogP contribution in [0.4, 0.5) is 0 Å². The average molecular weight is 469 g/mol. The van der Waals surface area contributed by atoms with Gasteiger partial charge < -0.3 is 0 Å². The zero-order chi connectivity index (χ0) is 22.5. The number of thiophene rings is 1. The summed E-state index contributed by atoms with van der Waals surface area (Å²) in [7, 11) is 0. The molecule has 7 rings (SSSR count). The van der Waals surface area contributed by atoms with Gasteiger partial charge in [0.15, 0.2) is 0 Å². The molecule has 0 amide bonds. The number of benzene rings is 5. The van der Waals surface area contributed by atoms with Gasteiger partial charge in [0.25, 0.3) is 0 Å². The molecule has 6 aromatic rings. The Morgan fingerprint density at radius 1 is 0.382 bits per heavy atom. The maximum absolute atomic E-state index is 2.31. The Bertz CT molecular complexity index is 1670. The molecule has 0 N–H and O–H groups in total. The minimum atomic E-state index is 1.25. The van der Waals surface area contributed by atoms with E-state index in [2.05, 4.69) is 121 Å². The highest BCUT2D eigenvalue weighted by molar-refractivity contribution is 7.99. The first-order chi connectivity index (χ1) is 16.9. The van der Waals surface area contributed by atoms with Crippen molar-refractivity contribution in [3.63, 3.8) is 0 Å². The van der Waals surface area contributed by atoms with Crippen LogP contribution >= 0.6 is 23.1 Å². The van der Waals surface area contributed by atoms with Crippen molar-refractivity contribution in [1.82, 2.24) is 0 Å². The van der Waals surface area contributed by atoms with E-state index in [1.807, 2.05) is 23.1 Å². The van der Waals surface area contributed by atoms with Gasteiger partial charge in [0, 0.05) is 24.9 Å². The maximum atomic E-state index is 2.31. The molecular formula is C32H20S2. The van der Waals surface area contributed by atoms with Gasteiger partial charge in [-0.15, -0.1) is 11.3 Å². The number of fused-ring (bicyclic) bond motifs is 2. The van der Waals surface area contributed by atoms with Gasteiger partial charge in [-0.2, -0.15) is 0 Å². The summed E-state index contributed by atoms with van der Waals surface area (Å²) in [6.07, 6.45) is 0. The van der Waals surface area contributed by atoms with Gasteiger partial charge in [0.2, 0.25) is 0 Å². The van der Waals surface area contributed by atoms with E-state index in [9.17, 15) is 0 Å². The summed E-state index contributed by atoms with van der Waals surface area (Å²) in [5, 5.41) is 2.71. The predicted molar refractivity (Wildman–Crippen MR) is 148 cm³/mol. The summed E-state index contributed by atoms with van der Waals surface area (Å²) in [4.78, 5) is 5.30. The standard InChI is InChI=1S/C32H20S2/c1-2-9-21(10-3-1)22-11-4-5-12-23(22)29-19-20-30(33-29)25-17-18-31-32-26(14-8-15-27(25)32)24-13-6-7-16-28(24)34-31/h1-20H. The minimum Gasteiger partial charge on any atom is -0.135 e. The topological polar surface area (TPSA) is 0 Å². The molecule has 5 aromatic carbocycles. The summed E-state index contributed by atoms with van der Waals surface area (Å²) < 4.78 is 0. The highest BCUT2D eigenvalue weighted by Gasteiger charge is 2.21. The molecule has 34 heavy (non-hydrogen) atoms. The molecule has 0 fully saturated rings. The van der Waals surface area contributed by atoms with Crippen LogP contribution in [0.2, 0.25) is 0 Å². The molecule has 2 heteroatoms. The van der Waals surface area contributed by atoms with E-state index in [1.54, 1.807) is 0 Å². The van der Waals surface area contributed by atoms with Crippen molar-refractivity contribution in [3.05, 3.63) is 121 Å². The molecule has 0 saturated carbocycles. The van der Waals surface area contributed by atoms with Crippen molar-refractivity contribution in [1.29, 1.82) is 0 Å². The monoisotopic (exact) mass is 468 g/mol. The molecule has 0 aliphatic carbocycles. The quantitative estimate of drug-likeness (QED) is 0.248. The van der Waals surface area contributed by atoms with Gasteiger partial charge in [-0.25, -0.2) is 0 Å². The summed E-state index contributed by atoms with van der Waals surface area (Å²) in [5.41, 5.74) is 7.82. The third-order valence-electron chi connectivity index (χ3n) is 6.55. The van der Waals surface area contributed by atoms with E-state index < -0.39 is 0 Å². The summed E-state index contributed by atoms with van der Waals surface area (Å²) in [6, 6.07) is 44.1. The van der Waals surface area contributed by atoms with E-state index in [-0.39, 0.29) is 0 Å². The Kier molecular flexibility index (Phi) is 4.68. The normalized spacial score (nSPS) is 12.0. The smallest absolute Gasteiger partial charge is 0.0355 e. The van der Waals surface area contributed by atoms with Crippen LogP contribution in [0.5, 0.6) is 0 Å². The predicted octanol–water partition coefficient (Wildman–Crippen LogP) is 10.0. The summed E-state index contributed by atoms with van der Waals surface area (Å²) in [5.74, 6) is 0. The summed E-state index contributed by atoms with van der Waals surface area (Å²) >= 11 is 3.76. The van der Waals surface area contributed by atoms with Gasteiger partial charge in [-0.3, -0.25) is 0 Å². The molecule has 0 atom stereocenters. The van der Waals surface area contributed by atoms with Gasteiger partial charge in [0.05, 0.1) is 0 Å². The van der Waals surface area contributed by atoms with Crippen molar-refractivity contribution >= 4 is 33.9 Å². The van der Waals surface area contributed by atoms with Gasteiger partial charge in [0.1, 0.15) is 0 Å². The van der Waals surface area contributed by atoms with E-state index >= 15 is 0 Å². The van der Waals surface area contributed by atoms with Crippen LogP contribution in [0, 0.1) is 0 Å². The van der Waals surface area contributed by atoms with Crippen molar-refractivity contribution in [2.75, 3.05) is 0 Å². The van der Waals surface area contributed by atoms with Crippen LogP contribution in [0.15, 0.2) is 131 Å². The molecule has 0 nitrogen and oxygen atoms in total. The Hall–Kier alpha value is -3.59. The third kappa shape index (κ3) is 3.14. The molecule has 1 aromatic heterocycles. The number of hydrogen-bond acceptors (Lipinski definition) is 2. The minimum absolute atomic E-state index is 1.25. The van der Waals surface area contributed by atoms with Crippen LogP contribution in [0.1, 0.15) is 0 Å². The van der Waals surface area contributed by atoms with Crippen LogP contribution in [-0.4, -0.2) is 0 Å². The average Bonchev–Trinajstić information content (AvgIpc) is 3.39. The molecule has 2 heterocycles. The highest BCUT2D eigenvalue weighted by atomic mass is 32.2. The Morgan fingerprint density at radius 2 is 1.06 bits per heavy atom. The zero-order valence-electron chi connectivity index (χ0n) is 18.4. The molecule has 0 radical (unpaired) electrons. The fourth-order valence-electron chi connectivity index (χ4n) is 4.99. The summed E-state index contributed by atoms with van der Waals surface area (Å²) in [6.45, 7) is 0. The van der Waals surface area contributed by atoms with Crippen LogP contribution in [-0.2, 0) is 0 Å². The van der Waals surface area contributed by atoms with E-state index in [4.69, 9.17) is 0 Å². The molecular weight excluding hydrogens is 448 g/mol. The molecule has 0 bridgehead atoms. The third-order valence-corrected chi connectivity index (χ3v) is 8.84. The van der Waals surface area contributed by atoms with Crippen LogP contribution in [0.3, 0.4) is 0 Å². The van der Waals surface area contributed by atoms with E-state index in [1.165, 1.54) is 63.7 Å². The van der Waals surface area contributed by atoms with Gasteiger partial charge >= 0.3 is 0 Å². The van der Waals surface area contributed by atoms with E-state index in [0.717, 1.165) is 0 Å². The Morgan fingerprint density at radius 3 is 1.91 bits per heavy atom. The second-order valence-corrected chi connectivity index (χ2v) is 10.7. The molecule has 0 saturated heterocycles. The molecule has 160 valence electrons. The lowest BCUT2D eigenvalue weighted by Crippen LogP contribution is -1.93.